The molecule has 7 nitrogen and oxygen atoms in total. The number of aromatic nitrogens is 5. The molecular formula is C13H19N7. The minimum absolute atomic E-state index is 0.231. The van der Waals surface area contributed by atoms with E-state index in [9.17, 15) is 0 Å². The van der Waals surface area contributed by atoms with Gasteiger partial charge in [0.15, 0.2) is 0 Å². The number of rotatable bonds is 3. The quantitative estimate of drug-likeness (QED) is 0.910. The van der Waals surface area contributed by atoms with Crippen LogP contribution in [-0.4, -0.2) is 36.8 Å². The van der Waals surface area contributed by atoms with E-state index in [-0.39, 0.29) is 5.95 Å². The molecule has 0 aliphatic carbocycles. The number of nitrogens with zero attached hydrogens (tertiary/aromatic N) is 6. The Balaban J connectivity index is 2.01. The first-order valence-corrected chi connectivity index (χ1v) is 6.99. The fraction of sp³-hybridized carbons (Fsp3) is 0.538. The van der Waals surface area contributed by atoms with Gasteiger partial charge in [-0.15, -0.1) is 0 Å². The van der Waals surface area contributed by atoms with Gasteiger partial charge < -0.3 is 10.6 Å². The van der Waals surface area contributed by atoms with E-state index < -0.39 is 0 Å². The van der Waals surface area contributed by atoms with Crippen LogP contribution >= 0.6 is 0 Å². The highest BCUT2D eigenvalue weighted by Gasteiger charge is 2.31. The highest BCUT2D eigenvalue weighted by Crippen LogP contribution is 2.30. The Bertz CT molecular complexity index is 580. The summed E-state index contributed by atoms with van der Waals surface area (Å²) in [6.07, 6.45) is 6.88. The SMILES string of the molecule is CCC1CCC(C)N1c1nc(N)nc(-n2cccn2)n1. The summed E-state index contributed by atoms with van der Waals surface area (Å²) in [5.41, 5.74) is 5.84. The van der Waals surface area contributed by atoms with Gasteiger partial charge in [-0.2, -0.15) is 20.1 Å². The molecule has 0 aromatic carbocycles. The second-order valence-corrected chi connectivity index (χ2v) is 5.14. The molecule has 2 unspecified atom stereocenters. The highest BCUT2D eigenvalue weighted by atomic mass is 15.4. The summed E-state index contributed by atoms with van der Waals surface area (Å²) in [4.78, 5) is 15.3. The average molecular weight is 273 g/mol. The van der Waals surface area contributed by atoms with Crippen molar-refractivity contribution in [2.24, 2.45) is 0 Å². The van der Waals surface area contributed by atoms with Crippen molar-refractivity contribution in [1.29, 1.82) is 0 Å². The van der Waals surface area contributed by atoms with Gasteiger partial charge in [-0.25, -0.2) is 4.68 Å². The van der Waals surface area contributed by atoms with E-state index in [0.717, 1.165) is 12.8 Å². The zero-order chi connectivity index (χ0) is 14.1. The summed E-state index contributed by atoms with van der Waals surface area (Å²) >= 11 is 0. The minimum Gasteiger partial charge on any atom is -0.368 e. The summed E-state index contributed by atoms with van der Waals surface area (Å²) in [6.45, 7) is 4.39. The Hall–Kier alpha value is -2.18. The molecule has 1 saturated heterocycles. The predicted octanol–water partition coefficient (Wildman–Crippen LogP) is 1.41. The Morgan fingerprint density at radius 2 is 2.05 bits per heavy atom. The van der Waals surface area contributed by atoms with Gasteiger partial charge in [-0.1, -0.05) is 6.92 Å². The molecule has 3 rings (SSSR count). The summed E-state index contributed by atoms with van der Waals surface area (Å²) < 4.78 is 1.60. The van der Waals surface area contributed by atoms with Crippen LogP contribution in [0.3, 0.4) is 0 Å². The van der Waals surface area contributed by atoms with Gasteiger partial charge in [0.2, 0.25) is 11.9 Å². The van der Waals surface area contributed by atoms with E-state index in [2.05, 4.69) is 38.8 Å². The molecule has 1 aliphatic heterocycles. The number of hydrogen-bond donors (Lipinski definition) is 1. The molecule has 106 valence electrons. The van der Waals surface area contributed by atoms with Crippen molar-refractivity contribution >= 4 is 11.9 Å². The largest absolute Gasteiger partial charge is 0.368 e. The Labute approximate surface area is 117 Å². The van der Waals surface area contributed by atoms with Crippen LogP contribution in [0.4, 0.5) is 11.9 Å². The van der Waals surface area contributed by atoms with Gasteiger partial charge in [0.05, 0.1) is 0 Å². The molecule has 2 N–H and O–H groups in total. The van der Waals surface area contributed by atoms with Gasteiger partial charge in [0.25, 0.3) is 5.95 Å². The van der Waals surface area contributed by atoms with Crippen LogP contribution < -0.4 is 10.6 Å². The van der Waals surface area contributed by atoms with Crippen molar-refractivity contribution in [3.05, 3.63) is 18.5 Å². The summed E-state index contributed by atoms with van der Waals surface area (Å²) in [5.74, 6) is 1.35. The maximum atomic E-state index is 5.84. The first-order chi connectivity index (χ1) is 9.69. The van der Waals surface area contributed by atoms with Gasteiger partial charge in [-0.05, 0) is 32.3 Å². The summed E-state index contributed by atoms with van der Waals surface area (Å²) in [6, 6.07) is 2.72. The molecule has 0 saturated carbocycles. The van der Waals surface area contributed by atoms with Crippen LogP contribution in [0.1, 0.15) is 33.1 Å². The Morgan fingerprint density at radius 1 is 1.25 bits per heavy atom. The highest BCUT2D eigenvalue weighted by molar-refractivity contribution is 5.41. The van der Waals surface area contributed by atoms with Gasteiger partial charge in [-0.3, -0.25) is 0 Å². The molecule has 20 heavy (non-hydrogen) atoms. The van der Waals surface area contributed by atoms with Crippen molar-refractivity contribution in [2.45, 2.75) is 45.2 Å². The van der Waals surface area contributed by atoms with Crippen LogP contribution in [0.15, 0.2) is 18.5 Å². The van der Waals surface area contributed by atoms with Gasteiger partial charge in [0.1, 0.15) is 0 Å². The lowest BCUT2D eigenvalue weighted by Gasteiger charge is -2.28. The summed E-state index contributed by atoms with van der Waals surface area (Å²) in [5, 5.41) is 4.14. The van der Waals surface area contributed by atoms with Gasteiger partial charge >= 0.3 is 0 Å². The molecule has 2 atom stereocenters. The molecule has 1 fully saturated rings. The van der Waals surface area contributed by atoms with Crippen molar-refractivity contribution in [3.8, 4) is 5.95 Å². The number of nitrogen functional groups attached to an aromatic ring is 1. The van der Waals surface area contributed by atoms with Crippen LogP contribution in [0.25, 0.3) is 5.95 Å². The first-order valence-electron chi connectivity index (χ1n) is 6.99. The van der Waals surface area contributed by atoms with E-state index in [4.69, 9.17) is 5.73 Å². The van der Waals surface area contributed by atoms with Crippen molar-refractivity contribution in [2.75, 3.05) is 10.6 Å². The van der Waals surface area contributed by atoms with Crippen LogP contribution in [0, 0.1) is 0 Å². The number of hydrogen-bond acceptors (Lipinski definition) is 6. The normalized spacial score (nSPS) is 22.4. The Kier molecular flexibility index (Phi) is 3.25. The maximum absolute atomic E-state index is 5.84. The topological polar surface area (TPSA) is 85.8 Å². The maximum Gasteiger partial charge on any atom is 0.257 e. The van der Waals surface area contributed by atoms with E-state index >= 15 is 0 Å². The standard InChI is InChI=1S/C13H19N7/c1-3-10-6-5-9(2)20(10)13-17-11(14)16-12(18-13)19-8-4-7-15-19/h4,7-10H,3,5-6H2,1-2H3,(H2,14,16,17,18). The Morgan fingerprint density at radius 3 is 2.75 bits per heavy atom. The lowest BCUT2D eigenvalue weighted by molar-refractivity contribution is 0.609. The zero-order valence-corrected chi connectivity index (χ0v) is 11.8. The van der Waals surface area contributed by atoms with E-state index in [1.807, 2.05) is 6.07 Å². The molecule has 0 amide bonds. The third-order valence-electron chi connectivity index (χ3n) is 3.83. The predicted molar refractivity (Wildman–Crippen MR) is 76.6 cm³/mol. The van der Waals surface area contributed by atoms with E-state index in [1.54, 1.807) is 17.1 Å². The van der Waals surface area contributed by atoms with Crippen molar-refractivity contribution < 1.29 is 0 Å². The van der Waals surface area contributed by atoms with E-state index in [1.165, 1.54) is 6.42 Å². The van der Waals surface area contributed by atoms with Crippen LogP contribution in [0.5, 0.6) is 0 Å². The molecule has 7 heteroatoms. The second-order valence-electron chi connectivity index (χ2n) is 5.14. The molecule has 2 aromatic heterocycles. The van der Waals surface area contributed by atoms with Gasteiger partial charge in [0, 0.05) is 24.5 Å². The molecule has 0 radical (unpaired) electrons. The molecule has 0 spiro atoms. The molecule has 0 bridgehead atoms. The average Bonchev–Trinajstić information content (AvgIpc) is 3.06. The fourth-order valence-corrected chi connectivity index (χ4v) is 2.81. The third kappa shape index (κ3) is 2.19. The van der Waals surface area contributed by atoms with E-state index in [0.29, 0.717) is 24.0 Å². The number of anilines is 2. The smallest absolute Gasteiger partial charge is 0.257 e. The minimum atomic E-state index is 0.231. The van der Waals surface area contributed by atoms with Crippen molar-refractivity contribution in [1.82, 2.24) is 24.7 Å². The molecule has 1 aliphatic rings. The molecular weight excluding hydrogens is 254 g/mol. The number of nitrogens with two attached hydrogens (primary N) is 1. The fourth-order valence-electron chi connectivity index (χ4n) is 2.81. The lowest BCUT2D eigenvalue weighted by Crippen LogP contribution is -2.36. The monoisotopic (exact) mass is 273 g/mol. The third-order valence-corrected chi connectivity index (χ3v) is 3.83. The van der Waals surface area contributed by atoms with Crippen LogP contribution in [0.2, 0.25) is 0 Å². The second kappa shape index (κ2) is 5.07. The molecule has 2 aromatic rings. The van der Waals surface area contributed by atoms with Crippen LogP contribution in [-0.2, 0) is 0 Å². The molecule has 3 heterocycles. The lowest BCUT2D eigenvalue weighted by atomic mass is 10.2. The summed E-state index contributed by atoms with van der Waals surface area (Å²) in [7, 11) is 0. The van der Waals surface area contributed by atoms with Crippen molar-refractivity contribution in [3.63, 3.8) is 0 Å². The zero-order valence-electron chi connectivity index (χ0n) is 11.8. The first kappa shape index (κ1) is 12.8.